The zero-order valence-corrected chi connectivity index (χ0v) is 12.0. The van der Waals surface area contributed by atoms with Crippen molar-refractivity contribution in [3.05, 3.63) is 51.6 Å². The van der Waals surface area contributed by atoms with Gasteiger partial charge < -0.3 is 15.5 Å². The third-order valence-corrected chi connectivity index (χ3v) is 3.84. The van der Waals surface area contributed by atoms with Crippen LogP contribution in [0.3, 0.4) is 0 Å². The molecule has 6 nitrogen and oxygen atoms in total. The lowest BCUT2D eigenvalue weighted by molar-refractivity contribution is 0.294. The highest BCUT2D eigenvalue weighted by Crippen LogP contribution is 2.15. The molecule has 7 heteroatoms. The van der Waals surface area contributed by atoms with Crippen LogP contribution in [0.2, 0.25) is 0 Å². The van der Waals surface area contributed by atoms with Crippen LogP contribution >= 0.6 is 11.3 Å². The van der Waals surface area contributed by atoms with E-state index in [9.17, 15) is 4.79 Å². The van der Waals surface area contributed by atoms with Crippen LogP contribution in [0.4, 0.5) is 0 Å². The summed E-state index contributed by atoms with van der Waals surface area (Å²) in [6.45, 7) is 0.762. The number of hydrogen-bond acceptors (Lipinski definition) is 6. The van der Waals surface area contributed by atoms with E-state index in [1.54, 1.807) is 6.20 Å². The Balaban J connectivity index is 1.72. The summed E-state index contributed by atoms with van der Waals surface area (Å²) in [6, 6.07) is 5.53. The number of H-pyrrole nitrogens is 1. The van der Waals surface area contributed by atoms with Crippen molar-refractivity contribution in [2.45, 2.75) is 13.0 Å². The number of rotatable bonds is 5. The molecule has 0 atom stereocenters. The Bertz CT molecular complexity index is 795. The van der Waals surface area contributed by atoms with E-state index in [1.165, 1.54) is 11.3 Å². The molecule has 0 saturated carbocycles. The van der Waals surface area contributed by atoms with Crippen molar-refractivity contribution in [2.24, 2.45) is 5.73 Å². The molecule has 0 spiro atoms. The van der Waals surface area contributed by atoms with Gasteiger partial charge in [0.25, 0.3) is 5.56 Å². The second kappa shape index (κ2) is 6.02. The molecule has 0 saturated heterocycles. The Kier molecular flexibility index (Phi) is 3.94. The van der Waals surface area contributed by atoms with E-state index in [2.05, 4.69) is 15.0 Å². The molecular weight excluding hydrogens is 288 g/mol. The lowest BCUT2D eigenvalue weighted by Gasteiger charge is -2.06. The number of thiophene rings is 1. The van der Waals surface area contributed by atoms with Crippen molar-refractivity contribution in [3.8, 4) is 5.75 Å². The Morgan fingerprint density at radius 3 is 3.00 bits per heavy atom. The predicted molar refractivity (Wildman–Crippen MR) is 81.6 cm³/mol. The molecule has 3 aromatic rings. The average Bonchev–Trinajstić information content (AvgIpc) is 2.96. The summed E-state index contributed by atoms with van der Waals surface area (Å²) in [6.07, 6.45) is 2.39. The highest BCUT2D eigenvalue weighted by atomic mass is 32.1. The third kappa shape index (κ3) is 3.09. The first-order chi connectivity index (χ1) is 10.3. The average molecular weight is 302 g/mol. The summed E-state index contributed by atoms with van der Waals surface area (Å²) in [5.74, 6) is 1.13. The normalized spacial score (nSPS) is 10.9. The van der Waals surface area contributed by atoms with E-state index in [1.807, 2.05) is 23.6 Å². The summed E-state index contributed by atoms with van der Waals surface area (Å²) >= 11 is 1.38. The standard InChI is InChI=1S/C14H14N4O2S/c15-5-3-9-1-2-10(7-16-9)20-8-12-17-11-4-6-21-13(11)14(19)18-12/h1-2,4,6-7H,3,5,8,15H2,(H,17,18,19). The van der Waals surface area contributed by atoms with Gasteiger partial charge in [-0.25, -0.2) is 4.98 Å². The van der Waals surface area contributed by atoms with Crippen molar-refractivity contribution >= 4 is 21.6 Å². The smallest absolute Gasteiger partial charge is 0.268 e. The summed E-state index contributed by atoms with van der Waals surface area (Å²) in [4.78, 5) is 23.1. The molecular formula is C14H14N4O2S. The number of fused-ring (bicyclic) bond motifs is 1. The fourth-order valence-corrected chi connectivity index (χ4v) is 2.66. The van der Waals surface area contributed by atoms with Crippen molar-refractivity contribution in [2.75, 3.05) is 6.54 Å². The Hall–Kier alpha value is -2.25. The van der Waals surface area contributed by atoms with Crippen molar-refractivity contribution in [1.82, 2.24) is 15.0 Å². The van der Waals surface area contributed by atoms with Gasteiger partial charge in [-0.3, -0.25) is 9.78 Å². The second-order valence-corrected chi connectivity index (χ2v) is 5.38. The number of nitrogens with one attached hydrogen (secondary N) is 1. The Morgan fingerprint density at radius 1 is 1.33 bits per heavy atom. The first-order valence-electron chi connectivity index (χ1n) is 6.50. The van der Waals surface area contributed by atoms with Crippen molar-refractivity contribution < 1.29 is 4.74 Å². The minimum atomic E-state index is -0.134. The summed E-state index contributed by atoms with van der Waals surface area (Å²) in [7, 11) is 0. The first-order valence-corrected chi connectivity index (χ1v) is 7.38. The quantitative estimate of drug-likeness (QED) is 0.744. The van der Waals surface area contributed by atoms with Crippen LogP contribution in [-0.2, 0) is 13.0 Å². The molecule has 0 aliphatic carbocycles. The maximum atomic E-state index is 11.8. The topological polar surface area (TPSA) is 93.9 Å². The van der Waals surface area contributed by atoms with Crippen molar-refractivity contribution in [3.63, 3.8) is 0 Å². The number of aromatic amines is 1. The molecule has 3 aromatic heterocycles. The monoisotopic (exact) mass is 302 g/mol. The van der Waals surface area contributed by atoms with Crippen LogP contribution in [0.1, 0.15) is 11.5 Å². The molecule has 0 amide bonds. The van der Waals surface area contributed by atoms with Crippen LogP contribution < -0.4 is 16.0 Å². The van der Waals surface area contributed by atoms with E-state index in [4.69, 9.17) is 10.5 Å². The number of nitrogens with zero attached hydrogens (tertiary/aromatic N) is 2. The number of aromatic nitrogens is 3. The van der Waals surface area contributed by atoms with E-state index >= 15 is 0 Å². The van der Waals surface area contributed by atoms with E-state index < -0.39 is 0 Å². The van der Waals surface area contributed by atoms with Gasteiger partial charge in [0.15, 0.2) is 0 Å². The molecule has 3 rings (SSSR count). The van der Waals surface area contributed by atoms with Gasteiger partial charge in [-0.15, -0.1) is 11.3 Å². The molecule has 0 aliphatic heterocycles. The molecule has 3 N–H and O–H groups in total. The molecule has 0 bridgehead atoms. The molecule has 0 aliphatic rings. The molecule has 0 fully saturated rings. The second-order valence-electron chi connectivity index (χ2n) is 4.46. The van der Waals surface area contributed by atoms with E-state index in [-0.39, 0.29) is 12.2 Å². The largest absolute Gasteiger partial charge is 0.484 e. The maximum Gasteiger partial charge on any atom is 0.268 e. The zero-order chi connectivity index (χ0) is 14.7. The highest BCUT2D eigenvalue weighted by Gasteiger charge is 2.05. The summed E-state index contributed by atoms with van der Waals surface area (Å²) < 4.78 is 6.21. The fraction of sp³-hybridized carbons (Fsp3) is 0.214. The van der Waals surface area contributed by atoms with Gasteiger partial charge in [-0.2, -0.15) is 0 Å². The van der Waals surface area contributed by atoms with Crippen LogP contribution in [0.15, 0.2) is 34.6 Å². The zero-order valence-electron chi connectivity index (χ0n) is 11.2. The van der Waals surface area contributed by atoms with Crippen LogP contribution in [0.5, 0.6) is 5.75 Å². The lowest BCUT2D eigenvalue weighted by atomic mass is 10.3. The summed E-state index contributed by atoms with van der Waals surface area (Å²) in [5.41, 5.74) is 6.96. The van der Waals surface area contributed by atoms with Gasteiger partial charge in [0.05, 0.1) is 11.7 Å². The fourth-order valence-electron chi connectivity index (χ4n) is 1.93. The highest BCUT2D eigenvalue weighted by molar-refractivity contribution is 7.17. The van der Waals surface area contributed by atoms with Crippen LogP contribution in [0.25, 0.3) is 10.2 Å². The minimum Gasteiger partial charge on any atom is -0.484 e. The number of hydrogen-bond donors (Lipinski definition) is 2. The molecule has 0 unspecified atom stereocenters. The van der Waals surface area contributed by atoms with Gasteiger partial charge in [0, 0.05) is 12.1 Å². The number of ether oxygens (including phenoxy) is 1. The Morgan fingerprint density at radius 2 is 2.24 bits per heavy atom. The maximum absolute atomic E-state index is 11.8. The SMILES string of the molecule is NCCc1ccc(OCc2nc3ccsc3c(=O)[nH]2)cn1. The summed E-state index contributed by atoms with van der Waals surface area (Å²) in [5, 5.41) is 1.84. The predicted octanol–water partition coefficient (Wildman–Crippen LogP) is 1.46. The Labute approximate surface area is 124 Å². The van der Waals surface area contributed by atoms with Gasteiger partial charge in [0.2, 0.25) is 0 Å². The van der Waals surface area contributed by atoms with Gasteiger partial charge in [0.1, 0.15) is 22.9 Å². The lowest BCUT2D eigenvalue weighted by Crippen LogP contribution is -2.12. The number of nitrogens with two attached hydrogens (primary N) is 1. The number of pyridine rings is 1. The van der Waals surface area contributed by atoms with Gasteiger partial charge >= 0.3 is 0 Å². The third-order valence-electron chi connectivity index (χ3n) is 2.94. The van der Waals surface area contributed by atoms with Crippen LogP contribution in [-0.4, -0.2) is 21.5 Å². The molecule has 0 radical (unpaired) electrons. The van der Waals surface area contributed by atoms with Crippen molar-refractivity contribution in [1.29, 1.82) is 0 Å². The van der Waals surface area contributed by atoms with E-state index in [0.29, 0.717) is 28.3 Å². The van der Waals surface area contributed by atoms with E-state index in [0.717, 1.165) is 12.1 Å². The van der Waals surface area contributed by atoms with Gasteiger partial charge in [-0.05, 0) is 30.1 Å². The van der Waals surface area contributed by atoms with Crippen LogP contribution in [0, 0.1) is 0 Å². The molecule has 108 valence electrons. The molecule has 3 heterocycles. The molecule has 21 heavy (non-hydrogen) atoms. The first kappa shape index (κ1) is 13.7. The minimum absolute atomic E-state index is 0.134. The molecule has 0 aromatic carbocycles. The van der Waals surface area contributed by atoms with Gasteiger partial charge in [-0.1, -0.05) is 0 Å².